The van der Waals surface area contributed by atoms with E-state index < -0.39 is 26.7 Å². The Morgan fingerprint density at radius 3 is 2.42 bits per heavy atom. The number of aromatic hydroxyl groups is 1. The number of carbonyl (C=O) groups excluding carboxylic acids is 1. The number of anilines is 1. The average Bonchev–Trinajstić information content (AvgIpc) is 2.85. The van der Waals surface area contributed by atoms with Crippen molar-refractivity contribution in [2.75, 3.05) is 11.9 Å². The van der Waals surface area contributed by atoms with Crippen molar-refractivity contribution in [2.45, 2.75) is 18.7 Å². The van der Waals surface area contributed by atoms with Crippen LogP contribution in [0.3, 0.4) is 0 Å². The minimum atomic E-state index is -4.69. The van der Waals surface area contributed by atoms with Gasteiger partial charge >= 0.3 is 0 Å². The van der Waals surface area contributed by atoms with Gasteiger partial charge in [0.2, 0.25) is 0 Å². The topological polar surface area (TPSA) is 138 Å². The number of amides is 1. The normalized spacial score (nSPS) is 11.7. The van der Waals surface area contributed by atoms with Gasteiger partial charge in [0.1, 0.15) is 27.7 Å². The largest absolute Gasteiger partial charge is 0.505 e. The lowest BCUT2D eigenvalue weighted by molar-refractivity contribution is 0.102. The predicted molar refractivity (Wildman–Crippen MR) is 146 cm³/mol. The van der Waals surface area contributed by atoms with E-state index in [2.05, 4.69) is 15.5 Å². The fraction of sp³-hybridized carbons (Fsp3) is 0.115. The van der Waals surface area contributed by atoms with Gasteiger partial charge in [-0.3, -0.25) is 9.35 Å². The van der Waals surface area contributed by atoms with Gasteiger partial charge in [0.25, 0.3) is 16.0 Å². The molecule has 0 spiro atoms. The number of benzene rings is 4. The number of hydrogen-bond donors (Lipinski definition) is 3. The molecule has 0 aliphatic carbocycles. The highest BCUT2D eigenvalue weighted by atomic mass is 35.5. The van der Waals surface area contributed by atoms with Gasteiger partial charge in [0.15, 0.2) is 5.75 Å². The summed E-state index contributed by atoms with van der Waals surface area (Å²) in [5, 5.41) is 22.9. The summed E-state index contributed by atoms with van der Waals surface area (Å²) in [7, 11) is -4.69. The maximum atomic E-state index is 13.3. The number of fused-ring (bicyclic) bond motifs is 1. The van der Waals surface area contributed by atoms with E-state index in [1.807, 2.05) is 0 Å². The summed E-state index contributed by atoms with van der Waals surface area (Å²) >= 11 is 12.5. The Kier molecular flexibility index (Phi) is 7.89. The Balaban J connectivity index is 1.85. The number of hydrogen-bond acceptors (Lipinski definition) is 7. The van der Waals surface area contributed by atoms with E-state index in [9.17, 15) is 22.9 Å². The summed E-state index contributed by atoms with van der Waals surface area (Å²) in [4.78, 5) is 12.7. The molecule has 0 heterocycles. The molecule has 0 aromatic heterocycles. The lowest BCUT2D eigenvalue weighted by atomic mass is 10.0. The van der Waals surface area contributed by atoms with Gasteiger partial charge in [0.05, 0.1) is 22.2 Å². The van der Waals surface area contributed by atoms with Crippen LogP contribution in [-0.4, -0.2) is 30.6 Å². The smallest absolute Gasteiger partial charge is 0.296 e. The van der Waals surface area contributed by atoms with Crippen molar-refractivity contribution in [3.8, 4) is 11.5 Å². The van der Waals surface area contributed by atoms with Gasteiger partial charge in [-0.25, -0.2) is 0 Å². The van der Waals surface area contributed by atoms with Crippen molar-refractivity contribution in [3.63, 3.8) is 0 Å². The number of nitrogens with zero attached hydrogens (tertiary/aromatic N) is 2. The van der Waals surface area contributed by atoms with Crippen molar-refractivity contribution in [3.05, 3.63) is 81.8 Å². The summed E-state index contributed by atoms with van der Waals surface area (Å²) < 4.78 is 39.1. The average molecular weight is 574 g/mol. The molecule has 0 atom stereocenters. The molecule has 0 saturated heterocycles. The molecular formula is C26H21Cl2N3O6S. The molecule has 0 bridgehead atoms. The van der Waals surface area contributed by atoms with Crippen LogP contribution in [0.5, 0.6) is 11.5 Å². The molecule has 4 aromatic rings. The van der Waals surface area contributed by atoms with E-state index in [4.69, 9.17) is 27.9 Å². The first-order valence-corrected chi connectivity index (χ1v) is 13.4. The first-order valence-electron chi connectivity index (χ1n) is 11.2. The van der Waals surface area contributed by atoms with Crippen LogP contribution in [0, 0.1) is 6.92 Å². The SMILES string of the molecule is CCOc1cccc(Cl)c1NC(=O)c1cc2ccccc2c(N=Nc2c(Cl)cc(C)cc2S(=O)(=O)O)c1O. The Morgan fingerprint density at radius 1 is 1.00 bits per heavy atom. The van der Waals surface area contributed by atoms with E-state index in [0.29, 0.717) is 28.7 Å². The second-order valence-electron chi connectivity index (χ2n) is 8.11. The molecule has 0 aliphatic heterocycles. The lowest BCUT2D eigenvalue weighted by Crippen LogP contribution is -2.14. The van der Waals surface area contributed by atoms with Crippen LogP contribution in [0.4, 0.5) is 17.1 Å². The molecule has 4 rings (SSSR count). The fourth-order valence-corrected chi connectivity index (χ4v) is 5.08. The molecule has 0 radical (unpaired) electrons. The van der Waals surface area contributed by atoms with Gasteiger partial charge in [-0.05, 0) is 55.1 Å². The maximum absolute atomic E-state index is 13.3. The Hall–Kier alpha value is -3.70. The third-order valence-corrected chi connectivity index (χ3v) is 6.92. The van der Waals surface area contributed by atoms with Gasteiger partial charge in [-0.1, -0.05) is 53.5 Å². The number of ether oxygens (including phenoxy) is 1. The fourth-order valence-electron chi connectivity index (χ4n) is 3.77. The molecule has 0 saturated carbocycles. The predicted octanol–water partition coefficient (Wildman–Crippen LogP) is 7.47. The van der Waals surface area contributed by atoms with Crippen molar-refractivity contribution in [2.24, 2.45) is 10.2 Å². The first kappa shape index (κ1) is 27.3. The molecule has 4 aromatic carbocycles. The zero-order valence-electron chi connectivity index (χ0n) is 20.1. The Morgan fingerprint density at radius 2 is 1.71 bits per heavy atom. The molecule has 0 fully saturated rings. The summed E-state index contributed by atoms with van der Waals surface area (Å²) in [6.45, 7) is 3.72. The summed E-state index contributed by atoms with van der Waals surface area (Å²) in [5.41, 5.74) is 0.108. The number of nitrogens with one attached hydrogen (secondary N) is 1. The number of phenolic OH excluding ortho intramolecular Hbond substituents is 1. The maximum Gasteiger partial charge on any atom is 0.296 e. The van der Waals surface area contributed by atoms with Crippen LogP contribution >= 0.6 is 23.2 Å². The molecule has 196 valence electrons. The Bertz CT molecular complexity index is 1710. The van der Waals surface area contributed by atoms with E-state index in [1.165, 1.54) is 18.2 Å². The van der Waals surface area contributed by atoms with Gasteiger partial charge in [-0.15, -0.1) is 10.2 Å². The highest BCUT2D eigenvalue weighted by molar-refractivity contribution is 7.86. The van der Waals surface area contributed by atoms with Crippen LogP contribution in [0.2, 0.25) is 10.0 Å². The van der Waals surface area contributed by atoms with Crippen molar-refractivity contribution in [1.82, 2.24) is 0 Å². The highest BCUT2D eigenvalue weighted by Crippen LogP contribution is 2.42. The number of rotatable bonds is 7. The van der Waals surface area contributed by atoms with Gasteiger partial charge in [0, 0.05) is 5.39 Å². The number of para-hydroxylation sites is 1. The quantitative estimate of drug-likeness (QED) is 0.155. The second kappa shape index (κ2) is 11.0. The minimum absolute atomic E-state index is 0.0822. The van der Waals surface area contributed by atoms with Crippen molar-refractivity contribution in [1.29, 1.82) is 0 Å². The molecule has 12 heteroatoms. The molecule has 0 aliphatic rings. The Labute approximate surface area is 228 Å². The van der Waals surface area contributed by atoms with E-state index in [0.717, 1.165) is 0 Å². The van der Waals surface area contributed by atoms with E-state index >= 15 is 0 Å². The molecule has 9 nitrogen and oxygen atoms in total. The zero-order valence-corrected chi connectivity index (χ0v) is 22.4. The van der Waals surface area contributed by atoms with E-state index in [1.54, 1.807) is 56.3 Å². The standard InChI is InChI=1S/C26H21Cl2N3O6S/c1-3-37-20-10-6-9-18(27)23(20)29-26(33)17-13-15-7-4-5-8-16(15)22(25(17)32)30-31-24-19(28)11-14(2)12-21(24)38(34,35)36/h4-13,32H,3H2,1-2H3,(H,29,33)(H,34,35,36). The van der Waals surface area contributed by atoms with Gasteiger partial charge in [-0.2, -0.15) is 8.42 Å². The highest BCUT2D eigenvalue weighted by Gasteiger charge is 2.22. The number of phenols is 1. The molecule has 38 heavy (non-hydrogen) atoms. The first-order chi connectivity index (χ1) is 18.0. The minimum Gasteiger partial charge on any atom is -0.505 e. The summed E-state index contributed by atoms with van der Waals surface area (Å²) in [5.74, 6) is -0.877. The van der Waals surface area contributed by atoms with Crippen LogP contribution in [-0.2, 0) is 10.1 Å². The summed E-state index contributed by atoms with van der Waals surface area (Å²) in [6, 6.07) is 15.8. The third kappa shape index (κ3) is 5.58. The van der Waals surface area contributed by atoms with Crippen LogP contribution in [0.25, 0.3) is 10.8 Å². The number of azo groups is 1. The zero-order chi connectivity index (χ0) is 27.6. The third-order valence-electron chi connectivity index (χ3n) is 5.45. The van der Waals surface area contributed by atoms with Crippen LogP contribution in [0.15, 0.2) is 75.8 Å². The number of aryl methyl sites for hydroxylation is 1. The lowest BCUT2D eigenvalue weighted by Gasteiger charge is -2.15. The number of halogens is 2. The van der Waals surface area contributed by atoms with Crippen molar-refractivity contribution < 1.29 is 27.6 Å². The van der Waals surface area contributed by atoms with Gasteiger partial charge < -0.3 is 15.2 Å². The monoisotopic (exact) mass is 573 g/mol. The van der Waals surface area contributed by atoms with Crippen molar-refractivity contribution >= 4 is 67.1 Å². The van der Waals surface area contributed by atoms with Crippen LogP contribution < -0.4 is 10.1 Å². The number of carbonyl (C=O) groups is 1. The summed E-state index contributed by atoms with van der Waals surface area (Å²) in [6.07, 6.45) is 0. The van der Waals surface area contributed by atoms with Crippen LogP contribution in [0.1, 0.15) is 22.8 Å². The van der Waals surface area contributed by atoms with E-state index in [-0.39, 0.29) is 32.7 Å². The molecule has 3 N–H and O–H groups in total. The molecule has 1 amide bonds. The molecular weight excluding hydrogens is 553 g/mol. The molecule has 0 unspecified atom stereocenters. The second-order valence-corrected chi connectivity index (χ2v) is 10.3.